The van der Waals surface area contributed by atoms with Crippen LogP contribution in [0.25, 0.3) is 0 Å². The summed E-state index contributed by atoms with van der Waals surface area (Å²) in [5, 5.41) is 8.13. The van der Waals surface area contributed by atoms with Gasteiger partial charge in [0.1, 0.15) is 11.5 Å². The highest BCUT2D eigenvalue weighted by molar-refractivity contribution is 7.10. The molecular formula is C15H16N2O3S. The monoisotopic (exact) mass is 304 g/mol. The fourth-order valence-electron chi connectivity index (χ4n) is 2.42. The van der Waals surface area contributed by atoms with Crippen LogP contribution in [0.1, 0.15) is 16.5 Å². The molecule has 1 aliphatic heterocycles. The number of anilines is 1. The Labute approximate surface area is 126 Å². The van der Waals surface area contributed by atoms with E-state index in [9.17, 15) is 4.79 Å². The van der Waals surface area contributed by atoms with Crippen LogP contribution in [0.4, 0.5) is 5.69 Å². The lowest BCUT2D eigenvalue weighted by molar-refractivity contribution is -0.118. The maximum absolute atomic E-state index is 11.4. The van der Waals surface area contributed by atoms with E-state index in [1.54, 1.807) is 18.4 Å². The van der Waals surface area contributed by atoms with Crippen molar-refractivity contribution in [2.24, 2.45) is 0 Å². The molecule has 1 unspecified atom stereocenters. The van der Waals surface area contributed by atoms with E-state index in [0.29, 0.717) is 11.4 Å². The number of rotatable bonds is 4. The van der Waals surface area contributed by atoms with Crippen molar-refractivity contribution >= 4 is 22.9 Å². The molecule has 0 bridgehead atoms. The van der Waals surface area contributed by atoms with Crippen LogP contribution in [-0.4, -0.2) is 26.7 Å². The molecule has 110 valence electrons. The van der Waals surface area contributed by atoms with Gasteiger partial charge >= 0.3 is 0 Å². The van der Waals surface area contributed by atoms with Crippen LogP contribution >= 0.6 is 11.3 Å². The van der Waals surface area contributed by atoms with Crippen LogP contribution in [-0.2, 0) is 4.79 Å². The molecule has 1 amide bonds. The minimum Gasteiger partial charge on any atom is -0.496 e. The molecule has 0 saturated heterocycles. The molecule has 2 heterocycles. The summed E-state index contributed by atoms with van der Waals surface area (Å²) in [5.74, 6) is 1.43. The van der Waals surface area contributed by atoms with Crippen LogP contribution < -0.4 is 20.1 Å². The zero-order chi connectivity index (χ0) is 14.8. The second kappa shape index (κ2) is 5.75. The first-order valence-corrected chi connectivity index (χ1v) is 7.46. The average molecular weight is 304 g/mol. The largest absolute Gasteiger partial charge is 0.496 e. The van der Waals surface area contributed by atoms with Gasteiger partial charge < -0.3 is 20.1 Å². The van der Waals surface area contributed by atoms with Crippen molar-refractivity contribution in [1.29, 1.82) is 0 Å². The molecule has 0 aliphatic carbocycles. The van der Waals surface area contributed by atoms with E-state index < -0.39 is 0 Å². The molecule has 1 aromatic heterocycles. The molecular weight excluding hydrogens is 288 g/mol. The normalized spacial score (nSPS) is 14.9. The highest BCUT2D eigenvalue weighted by Crippen LogP contribution is 2.37. The number of hydrogen-bond donors (Lipinski definition) is 2. The van der Waals surface area contributed by atoms with Crippen molar-refractivity contribution in [3.63, 3.8) is 0 Å². The maximum atomic E-state index is 11.4. The molecule has 2 aromatic rings. The molecule has 5 nitrogen and oxygen atoms in total. The highest BCUT2D eigenvalue weighted by atomic mass is 32.1. The third-order valence-electron chi connectivity index (χ3n) is 3.40. The number of carbonyl (C=O) groups is 1. The summed E-state index contributed by atoms with van der Waals surface area (Å²) < 4.78 is 10.8. The number of nitrogens with one attached hydrogen (secondary N) is 2. The number of benzene rings is 1. The van der Waals surface area contributed by atoms with Gasteiger partial charge in [0.2, 0.25) is 0 Å². The van der Waals surface area contributed by atoms with Gasteiger partial charge in [-0.3, -0.25) is 4.79 Å². The molecule has 0 saturated carbocycles. The Morgan fingerprint density at radius 3 is 3.05 bits per heavy atom. The average Bonchev–Trinajstić information content (AvgIpc) is 2.96. The second-order valence-corrected chi connectivity index (χ2v) is 5.62. The SMILES string of the molecule is CNC(c1ccc2c(c1)NC(=O)CO2)c1sccc1OC. The number of amides is 1. The zero-order valence-corrected chi connectivity index (χ0v) is 12.6. The topological polar surface area (TPSA) is 59.6 Å². The van der Waals surface area contributed by atoms with Gasteiger partial charge in [-0.1, -0.05) is 6.07 Å². The van der Waals surface area contributed by atoms with E-state index in [0.717, 1.165) is 16.2 Å². The Morgan fingerprint density at radius 2 is 2.29 bits per heavy atom. The summed E-state index contributed by atoms with van der Waals surface area (Å²) in [7, 11) is 3.57. The fraction of sp³-hybridized carbons (Fsp3) is 0.267. The zero-order valence-electron chi connectivity index (χ0n) is 11.8. The van der Waals surface area contributed by atoms with E-state index >= 15 is 0 Å². The van der Waals surface area contributed by atoms with E-state index in [1.165, 1.54) is 0 Å². The molecule has 2 N–H and O–H groups in total. The van der Waals surface area contributed by atoms with Crippen molar-refractivity contribution in [3.05, 3.63) is 40.1 Å². The quantitative estimate of drug-likeness (QED) is 0.910. The van der Waals surface area contributed by atoms with Gasteiger partial charge in [-0.25, -0.2) is 0 Å². The number of methoxy groups -OCH3 is 1. The van der Waals surface area contributed by atoms with Crippen molar-refractivity contribution in [1.82, 2.24) is 5.32 Å². The summed E-state index contributed by atoms with van der Waals surface area (Å²) in [6.07, 6.45) is 0. The van der Waals surface area contributed by atoms with Crippen molar-refractivity contribution in [2.45, 2.75) is 6.04 Å². The number of thiophene rings is 1. The van der Waals surface area contributed by atoms with Crippen LogP contribution in [0, 0.1) is 0 Å². The lowest BCUT2D eigenvalue weighted by Gasteiger charge is -2.22. The molecule has 21 heavy (non-hydrogen) atoms. The standard InChI is InChI=1S/C15H16N2O3S/c1-16-14(15-12(19-2)5-6-21-15)9-3-4-11-10(7-9)17-13(18)8-20-11/h3-7,14,16H,8H2,1-2H3,(H,17,18). The number of fused-ring (bicyclic) bond motifs is 1. The first-order valence-electron chi connectivity index (χ1n) is 6.58. The minimum absolute atomic E-state index is 0.00378. The van der Waals surface area contributed by atoms with E-state index in [1.807, 2.05) is 36.7 Å². The van der Waals surface area contributed by atoms with Crippen LogP contribution in [0.2, 0.25) is 0 Å². The van der Waals surface area contributed by atoms with Crippen LogP contribution in [0.3, 0.4) is 0 Å². The lowest BCUT2D eigenvalue weighted by Crippen LogP contribution is -2.26. The summed E-state index contributed by atoms with van der Waals surface area (Å²) in [6.45, 7) is 0.0700. The molecule has 1 atom stereocenters. The first kappa shape index (κ1) is 13.9. The van der Waals surface area contributed by atoms with Crippen molar-refractivity contribution in [2.75, 3.05) is 26.1 Å². The predicted octanol–water partition coefficient (Wildman–Crippen LogP) is 2.40. The van der Waals surface area contributed by atoms with Crippen molar-refractivity contribution < 1.29 is 14.3 Å². The maximum Gasteiger partial charge on any atom is 0.262 e. The summed E-state index contributed by atoms with van der Waals surface area (Å²) in [4.78, 5) is 12.5. The number of carbonyl (C=O) groups excluding carboxylic acids is 1. The van der Waals surface area contributed by atoms with Gasteiger partial charge in [-0.05, 0) is 36.2 Å². The summed E-state index contributed by atoms with van der Waals surface area (Å²) in [5.41, 5.74) is 1.75. The Morgan fingerprint density at radius 1 is 1.43 bits per heavy atom. The third kappa shape index (κ3) is 2.59. The number of hydrogen-bond acceptors (Lipinski definition) is 5. The Bertz CT molecular complexity index is 669. The van der Waals surface area contributed by atoms with Gasteiger partial charge in [-0.15, -0.1) is 11.3 Å². The number of ether oxygens (including phenoxy) is 2. The minimum atomic E-state index is -0.130. The molecule has 1 aromatic carbocycles. The molecule has 3 rings (SSSR count). The van der Waals surface area contributed by atoms with E-state index in [4.69, 9.17) is 9.47 Å². The Hall–Kier alpha value is -2.05. The Kier molecular flexibility index (Phi) is 3.81. The van der Waals surface area contributed by atoms with E-state index in [-0.39, 0.29) is 18.6 Å². The van der Waals surface area contributed by atoms with Gasteiger partial charge in [-0.2, -0.15) is 0 Å². The van der Waals surface area contributed by atoms with Crippen molar-refractivity contribution in [3.8, 4) is 11.5 Å². The second-order valence-electron chi connectivity index (χ2n) is 4.67. The van der Waals surface area contributed by atoms with E-state index in [2.05, 4.69) is 10.6 Å². The highest BCUT2D eigenvalue weighted by Gasteiger charge is 2.22. The molecule has 1 aliphatic rings. The lowest BCUT2D eigenvalue weighted by atomic mass is 10.0. The first-order chi connectivity index (χ1) is 10.2. The fourth-order valence-corrected chi connectivity index (χ4v) is 3.41. The van der Waals surface area contributed by atoms with Gasteiger partial charge in [0.15, 0.2) is 6.61 Å². The molecule has 0 fully saturated rings. The molecule has 0 spiro atoms. The predicted molar refractivity (Wildman–Crippen MR) is 82.3 cm³/mol. The van der Waals surface area contributed by atoms with Gasteiger partial charge in [0.05, 0.1) is 23.7 Å². The van der Waals surface area contributed by atoms with Crippen LogP contribution in [0.5, 0.6) is 11.5 Å². The molecule has 0 radical (unpaired) electrons. The van der Waals surface area contributed by atoms with Gasteiger partial charge in [0.25, 0.3) is 5.91 Å². The smallest absolute Gasteiger partial charge is 0.262 e. The summed E-state index contributed by atoms with van der Waals surface area (Å²) >= 11 is 1.63. The Balaban J connectivity index is 1.98. The van der Waals surface area contributed by atoms with Crippen LogP contribution in [0.15, 0.2) is 29.6 Å². The third-order valence-corrected chi connectivity index (χ3v) is 4.36. The van der Waals surface area contributed by atoms with Gasteiger partial charge in [0, 0.05) is 0 Å². The molecule has 6 heteroatoms. The summed E-state index contributed by atoms with van der Waals surface area (Å²) in [6, 6.07) is 7.77.